The van der Waals surface area contributed by atoms with E-state index in [1.165, 1.54) is 7.05 Å². The summed E-state index contributed by atoms with van der Waals surface area (Å²) in [5.41, 5.74) is 0. The lowest BCUT2D eigenvalue weighted by molar-refractivity contribution is -0.0643. The van der Waals surface area contributed by atoms with Crippen LogP contribution in [0.2, 0.25) is 0 Å². The monoisotopic (exact) mass is 218 g/mol. The summed E-state index contributed by atoms with van der Waals surface area (Å²) in [6.45, 7) is 0. The molecule has 0 radical (unpaired) electrons. The Morgan fingerprint density at radius 2 is 1.90 bits per heavy atom. The Bertz CT molecular complexity index is 140. The smallest absolute Gasteiger partial charge is 0.292 e. The summed E-state index contributed by atoms with van der Waals surface area (Å²) in [6, 6.07) is 0. The Hall–Kier alpha value is -0.260. The Labute approximate surface area is 65.1 Å². The van der Waals surface area contributed by atoms with Crippen molar-refractivity contribution >= 4 is 22.0 Å². The standard InChI is InChI=1S/C4H6BrF3N2/c1-9-3(10(2)5)4(6,7)8/h1-2H3/b9-3-. The predicted octanol–water partition coefficient (Wildman–Crippen LogP) is 1.82. The fourth-order valence-corrected chi connectivity index (χ4v) is 0.799. The van der Waals surface area contributed by atoms with Gasteiger partial charge in [-0.25, -0.2) is 0 Å². The predicted molar refractivity (Wildman–Crippen MR) is 36.1 cm³/mol. The van der Waals surface area contributed by atoms with Gasteiger partial charge < -0.3 is 0 Å². The number of rotatable bonds is 0. The van der Waals surface area contributed by atoms with Crippen LogP contribution in [0.4, 0.5) is 13.2 Å². The van der Waals surface area contributed by atoms with Gasteiger partial charge in [-0.15, -0.1) is 0 Å². The lowest BCUT2D eigenvalue weighted by Crippen LogP contribution is -2.32. The normalized spacial score (nSPS) is 13.6. The average molecular weight is 219 g/mol. The van der Waals surface area contributed by atoms with Crippen LogP contribution >= 0.6 is 16.1 Å². The molecule has 0 fully saturated rings. The molecule has 0 saturated heterocycles. The maximum Gasteiger partial charge on any atom is 0.449 e. The van der Waals surface area contributed by atoms with Gasteiger partial charge in [-0.05, 0) is 0 Å². The molecule has 60 valence electrons. The van der Waals surface area contributed by atoms with Gasteiger partial charge >= 0.3 is 6.18 Å². The number of hydrogen-bond donors (Lipinski definition) is 0. The highest BCUT2D eigenvalue weighted by atomic mass is 79.9. The van der Waals surface area contributed by atoms with Crippen molar-refractivity contribution in [3.05, 3.63) is 0 Å². The van der Waals surface area contributed by atoms with E-state index in [1.807, 2.05) is 0 Å². The van der Waals surface area contributed by atoms with Crippen LogP contribution < -0.4 is 0 Å². The Morgan fingerprint density at radius 1 is 1.50 bits per heavy atom. The average Bonchev–Trinajstić information content (AvgIpc) is 1.60. The summed E-state index contributed by atoms with van der Waals surface area (Å²) in [6.07, 6.45) is -4.38. The molecule has 6 heteroatoms. The van der Waals surface area contributed by atoms with E-state index in [-0.39, 0.29) is 0 Å². The van der Waals surface area contributed by atoms with Crippen LogP contribution in [0.15, 0.2) is 4.99 Å². The van der Waals surface area contributed by atoms with Crippen LogP contribution in [-0.4, -0.2) is 30.0 Å². The van der Waals surface area contributed by atoms with E-state index in [1.54, 1.807) is 0 Å². The van der Waals surface area contributed by atoms with Gasteiger partial charge in [0.05, 0.1) is 16.1 Å². The molecule has 10 heavy (non-hydrogen) atoms. The quantitative estimate of drug-likeness (QED) is 0.344. The topological polar surface area (TPSA) is 15.6 Å². The van der Waals surface area contributed by atoms with Gasteiger partial charge in [-0.1, -0.05) is 0 Å². The lowest BCUT2D eigenvalue weighted by Gasteiger charge is -2.14. The molecule has 0 aromatic heterocycles. The zero-order valence-electron chi connectivity index (χ0n) is 5.41. The molecule has 0 aromatic rings. The summed E-state index contributed by atoms with van der Waals surface area (Å²) in [4.78, 5) is 3.03. The first-order chi connectivity index (χ1) is 4.39. The first kappa shape index (κ1) is 9.74. The van der Waals surface area contributed by atoms with Crippen molar-refractivity contribution in [2.45, 2.75) is 6.18 Å². The number of alkyl halides is 3. The molecule has 0 aliphatic carbocycles. The largest absolute Gasteiger partial charge is 0.449 e. The highest BCUT2D eigenvalue weighted by Crippen LogP contribution is 2.20. The zero-order valence-corrected chi connectivity index (χ0v) is 6.99. The summed E-state index contributed by atoms with van der Waals surface area (Å²) < 4.78 is 36.0. The van der Waals surface area contributed by atoms with Crippen molar-refractivity contribution in [3.8, 4) is 0 Å². The fraction of sp³-hybridized carbons (Fsp3) is 0.750. The third-order valence-electron chi connectivity index (χ3n) is 0.757. The van der Waals surface area contributed by atoms with E-state index in [2.05, 4.69) is 21.1 Å². The summed E-state index contributed by atoms with van der Waals surface area (Å²) in [5.74, 6) is -0.951. The molecule has 0 aromatic carbocycles. The van der Waals surface area contributed by atoms with Crippen molar-refractivity contribution < 1.29 is 13.2 Å². The second-order valence-electron chi connectivity index (χ2n) is 1.52. The number of hydrogen-bond acceptors (Lipinski definition) is 1. The maximum atomic E-state index is 11.8. The van der Waals surface area contributed by atoms with Crippen LogP contribution in [0.3, 0.4) is 0 Å². The molecule has 0 aliphatic rings. The Kier molecular flexibility index (Phi) is 3.14. The van der Waals surface area contributed by atoms with Gasteiger partial charge in [0.15, 0.2) is 0 Å². The van der Waals surface area contributed by atoms with Crippen LogP contribution in [0, 0.1) is 0 Å². The third-order valence-corrected chi connectivity index (χ3v) is 1.09. The van der Waals surface area contributed by atoms with E-state index in [4.69, 9.17) is 0 Å². The molecule has 0 unspecified atom stereocenters. The minimum Gasteiger partial charge on any atom is -0.292 e. The molecule has 0 rings (SSSR count). The zero-order chi connectivity index (χ0) is 8.36. The van der Waals surface area contributed by atoms with Crippen molar-refractivity contribution in [1.82, 2.24) is 3.93 Å². The molecule has 0 atom stereocenters. The van der Waals surface area contributed by atoms with E-state index in [9.17, 15) is 13.2 Å². The van der Waals surface area contributed by atoms with Gasteiger partial charge in [0.1, 0.15) is 0 Å². The van der Waals surface area contributed by atoms with Crippen LogP contribution in [0.25, 0.3) is 0 Å². The molecule has 0 saturated carbocycles. The highest BCUT2D eigenvalue weighted by Gasteiger charge is 2.37. The molecule has 0 N–H and O–H groups in total. The van der Waals surface area contributed by atoms with Gasteiger partial charge in [-0.3, -0.25) is 8.92 Å². The van der Waals surface area contributed by atoms with Crippen molar-refractivity contribution in [2.24, 2.45) is 4.99 Å². The molecular weight excluding hydrogens is 213 g/mol. The third kappa shape index (κ3) is 2.55. The van der Waals surface area contributed by atoms with Crippen LogP contribution in [-0.2, 0) is 0 Å². The molecule has 2 nitrogen and oxygen atoms in total. The Morgan fingerprint density at radius 3 is 1.90 bits per heavy atom. The van der Waals surface area contributed by atoms with E-state index in [0.717, 1.165) is 11.0 Å². The number of nitrogens with zero attached hydrogens (tertiary/aromatic N) is 2. The minimum absolute atomic E-state index is 0.743. The van der Waals surface area contributed by atoms with Gasteiger partial charge in [0.25, 0.3) is 0 Å². The SMILES string of the molecule is C/N=C(\N(C)Br)C(F)(F)F. The minimum atomic E-state index is -4.38. The highest BCUT2D eigenvalue weighted by molar-refractivity contribution is 9.07. The van der Waals surface area contributed by atoms with E-state index in [0.29, 0.717) is 0 Å². The second-order valence-corrected chi connectivity index (χ2v) is 2.59. The van der Waals surface area contributed by atoms with Crippen molar-refractivity contribution in [2.75, 3.05) is 14.1 Å². The van der Waals surface area contributed by atoms with Crippen LogP contribution in [0.5, 0.6) is 0 Å². The second kappa shape index (κ2) is 3.23. The van der Waals surface area contributed by atoms with Gasteiger partial charge in [0, 0.05) is 14.1 Å². The first-order valence-electron chi connectivity index (χ1n) is 2.33. The van der Waals surface area contributed by atoms with Crippen LogP contribution in [0.1, 0.15) is 0 Å². The van der Waals surface area contributed by atoms with Gasteiger partial charge in [-0.2, -0.15) is 13.2 Å². The molecule has 0 amide bonds. The molecular formula is C4H6BrF3N2. The first-order valence-corrected chi connectivity index (χ1v) is 3.04. The van der Waals surface area contributed by atoms with E-state index >= 15 is 0 Å². The summed E-state index contributed by atoms with van der Waals surface area (Å²) >= 11 is 2.62. The van der Waals surface area contributed by atoms with Crippen molar-refractivity contribution in [1.29, 1.82) is 0 Å². The number of halogens is 4. The number of amidine groups is 1. The molecule has 0 bridgehead atoms. The molecule has 0 heterocycles. The van der Waals surface area contributed by atoms with Crippen molar-refractivity contribution in [3.63, 3.8) is 0 Å². The summed E-state index contributed by atoms with van der Waals surface area (Å²) in [7, 11) is 2.30. The molecule has 0 spiro atoms. The Balaban J connectivity index is 4.40. The van der Waals surface area contributed by atoms with Gasteiger partial charge in [0.2, 0.25) is 5.84 Å². The maximum absolute atomic E-state index is 11.8. The summed E-state index contributed by atoms with van der Waals surface area (Å²) in [5, 5.41) is 0. The number of aliphatic imine (C=N–C) groups is 1. The fourth-order valence-electron chi connectivity index (χ4n) is 0.439. The van der Waals surface area contributed by atoms with E-state index < -0.39 is 12.0 Å². The lowest BCUT2D eigenvalue weighted by atomic mass is 10.6. The molecule has 0 aliphatic heterocycles.